The van der Waals surface area contributed by atoms with Crippen molar-refractivity contribution in [1.29, 1.82) is 0 Å². The molecule has 0 saturated carbocycles. The summed E-state index contributed by atoms with van der Waals surface area (Å²) < 4.78 is 7.23. The van der Waals surface area contributed by atoms with Crippen molar-refractivity contribution in [3.63, 3.8) is 0 Å². The van der Waals surface area contributed by atoms with E-state index in [-0.39, 0.29) is 5.75 Å². The zero-order valence-electron chi connectivity index (χ0n) is 43.9. The molecule has 0 bridgehead atoms. The Morgan fingerprint density at radius 3 is 1.45 bits per heavy atom. The van der Waals surface area contributed by atoms with Crippen LogP contribution in [-0.2, 0) is 12.8 Å². The van der Waals surface area contributed by atoms with Gasteiger partial charge in [-0.2, -0.15) is 0 Å². The minimum Gasteiger partial charge on any atom is -0.505 e. The maximum Gasteiger partial charge on any atom is 0.159 e. The van der Waals surface area contributed by atoms with E-state index in [1.807, 2.05) is 12.1 Å². The van der Waals surface area contributed by atoms with Gasteiger partial charge in [0.25, 0.3) is 0 Å². The first-order chi connectivity index (χ1) is 37.2. The molecule has 0 saturated heterocycles. The van der Waals surface area contributed by atoms with Gasteiger partial charge in [0, 0.05) is 44.0 Å². The van der Waals surface area contributed by atoms with E-state index in [0.717, 1.165) is 107 Å². The molecule has 4 nitrogen and oxygen atoms in total. The number of para-hydroxylation sites is 3. The van der Waals surface area contributed by atoms with E-state index in [1.54, 1.807) is 0 Å². The van der Waals surface area contributed by atoms with Crippen LogP contribution in [0, 0.1) is 27.7 Å². The van der Waals surface area contributed by atoms with Crippen molar-refractivity contribution in [3.05, 3.63) is 246 Å². The zero-order chi connectivity index (χ0) is 51.8. The molecule has 0 aliphatic heterocycles. The Labute approximate surface area is 444 Å². The third-order valence-electron chi connectivity index (χ3n) is 16.2. The average Bonchev–Trinajstić information content (AvgIpc) is 3.98. The van der Waals surface area contributed by atoms with Crippen LogP contribution in [0.1, 0.15) is 47.2 Å². The normalized spacial score (nSPS) is 11.7. The maximum absolute atomic E-state index is 12.8. The lowest BCUT2D eigenvalue weighted by Gasteiger charge is -2.30. The Kier molecular flexibility index (Phi) is 11.5. The summed E-state index contributed by atoms with van der Waals surface area (Å²) in [5.74, 6) is 0.222. The van der Waals surface area contributed by atoms with Crippen molar-refractivity contribution in [3.8, 4) is 39.1 Å². The van der Waals surface area contributed by atoms with Gasteiger partial charge in [-0.3, -0.25) is 0 Å². The molecule has 12 aromatic carbocycles. The molecular weight excluding hydrogens is 925 g/mol. The highest BCUT2D eigenvalue weighted by Gasteiger charge is 2.27. The number of nitrogens with zero attached hydrogens (tertiary/aromatic N) is 2. The highest BCUT2D eigenvalue weighted by molar-refractivity contribution is 6.28. The number of phenols is 1. The fraction of sp³-hybridized carbons (Fsp3) is 0.111. The Bertz CT molecular complexity index is 4410. The summed E-state index contributed by atoms with van der Waals surface area (Å²) in [5.41, 5.74) is 21.3. The summed E-state index contributed by atoms with van der Waals surface area (Å²) in [6, 6.07) is 76.7. The summed E-state index contributed by atoms with van der Waals surface area (Å²) in [4.78, 5) is 4.66. The molecule has 76 heavy (non-hydrogen) atoms. The molecule has 0 aliphatic rings. The van der Waals surface area contributed by atoms with Crippen LogP contribution in [0.25, 0.3) is 87.6 Å². The molecule has 1 heterocycles. The molecule has 0 amide bonds. The molecular formula is C72H58N2O2. The minimum atomic E-state index is 0.222. The van der Waals surface area contributed by atoms with Crippen LogP contribution < -0.4 is 9.80 Å². The number of hydrogen-bond donors (Lipinski definition) is 1. The van der Waals surface area contributed by atoms with Crippen LogP contribution in [0.2, 0.25) is 0 Å². The molecule has 4 heteroatoms. The summed E-state index contributed by atoms with van der Waals surface area (Å²) >= 11 is 0. The molecule has 1 N–H and O–H groups in total. The van der Waals surface area contributed by atoms with Gasteiger partial charge in [0.1, 0.15) is 11.3 Å². The highest BCUT2D eigenvalue weighted by Crippen LogP contribution is 2.52. The Balaban J connectivity index is 1.02. The first-order valence-corrected chi connectivity index (χ1v) is 26.7. The van der Waals surface area contributed by atoms with E-state index in [1.165, 1.54) is 55.3 Å². The smallest absolute Gasteiger partial charge is 0.159 e. The number of phenolic OH excluding ortho intramolecular Hbond substituents is 1. The van der Waals surface area contributed by atoms with E-state index in [2.05, 4.69) is 252 Å². The van der Waals surface area contributed by atoms with Crippen molar-refractivity contribution in [2.75, 3.05) is 9.80 Å². The molecule has 1 aromatic heterocycles. The standard InChI is InChI=1S/C72H58N2O2/c1-7-48-17-9-11-21-56(48)52-19-13-20-53(43-52)58-23-15-27-66(70(58)75)73(54-35-29-44(3)46(5)41-54)64-39-33-50-32-38-63-65(40-34-51-31-37-62(64)68(50)69(51)63)74(55-36-30-45(4)47(6)42-55)67-28-16-26-61-60-25-14-24-59(71(60)76-72(61)67)57-22-12-10-18-49(57)8-2/h9-43,75H,7-8H2,1-6H3. The number of hydrogen-bond acceptors (Lipinski definition) is 4. The fourth-order valence-electron chi connectivity index (χ4n) is 11.9. The van der Waals surface area contributed by atoms with Crippen LogP contribution in [0.4, 0.5) is 34.1 Å². The number of aromatic hydroxyl groups is 1. The second-order valence-corrected chi connectivity index (χ2v) is 20.5. The lowest BCUT2D eigenvalue weighted by atomic mass is 9.91. The van der Waals surface area contributed by atoms with Crippen molar-refractivity contribution in [1.82, 2.24) is 0 Å². The molecule has 0 spiro atoms. The minimum absolute atomic E-state index is 0.222. The van der Waals surface area contributed by atoms with E-state index in [9.17, 15) is 5.11 Å². The summed E-state index contributed by atoms with van der Waals surface area (Å²) in [6.45, 7) is 13.1. The van der Waals surface area contributed by atoms with Gasteiger partial charge < -0.3 is 19.3 Å². The molecule has 0 atom stereocenters. The summed E-state index contributed by atoms with van der Waals surface area (Å²) in [7, 11) is 0. The van der Waals surface area contributed by atoms with Crippen molar-refractivity contribution < 1.29 is 9.52 Å². The fourth-order valence-corrected chi connectivity index (χ4v) is 11.9. The number of benzene rings is 12. The number of furan rings is 1. The van der Waals surface area contributed by atoms with Gasteiger partial charge in [-0.05, 0) is 172 Å². The number of fused-ring (bicyclic) bond motifs is 3. The van der Waals surface area contributed by atoms with Crippen LogP contribution in [0.3, 0.4) is 0 Å². The average molecular weight is 983 g/mol. The van der Waals surface area contributed by atoms with E-state index < -0.39 is 0 Å². The first-order valence-electron chi connectivity index (χ1n) is 26.7. The molecule has 0 fully saturated rings. The second kappa shape index (κ2) is 18.7. The van der Waals surface area contributed by atoms with Crippen molar-refractivity contribution >= 4 is 88.4 Å². The van der Waals surface area contributed by atoms with Crippen LogP contribution in [0.15, 0.2) is 217 Å². The third-order valence-corrected chi connectivity index (χ3v) is 16.2. The largest absolute Gasteiger partial charge is 0.505 e. The summed E-state index contributed by atoms with van der Waals surface area (Å²) in [6.07, 6.45) is 1.87. The zero-order valence-corrected chi connectivity index (χ0v) is 43.9. The SMILES string of the molecule is CCc1ccccc1-c1cccc(-c2cccc(N(c3ccc(C)c(C)c3)c3ccc4ccc5c(N(c6ccc(C)c(C)c6)c6cccc7c6oc6c(-c8ccccc8CC)cccc67)ccc6ccc3c4c65)c2O)c1. The molecule has 13 aromatic rings. The van der Waals surface area contributed by atoms with Crippen molar-refractivity contribution in [2.24, 2.45) is 0 Å². The third kappa shape index (κ3) is 7.58. The molecule has 13 rings (SSSR count). The molecule has 0 unspecified atom stereocenters. The van der Waals surface area contributed by atoms with Gasteiger partial charge in [0.2, 0.25) is 0 Å². The van der Waals surface area contributed by atoms with Crippen LogP contribution in [-0.4, -0.2) is 5.11 Å². The van der Waals surface area contributed by atoms with Crippen molar-refractivity contribution in [2.45, 2.75) is 54.4 Å². The van der Waals surface area contributed by atoms with Crippen LogP contribution in [0.5, 0.6) is 5.75 Å². The van der Waals surface area contributed by atoms with Gasteiger partial charge >= 0.3 is 0 Å². The Morgan fingerprint density at radius 2 is 0.829 bits per heavy atom. The summed E-state index contributed by atoms with van der Waals surface area (Å²) in [5, 5.41) is 21.8. The predicted molar refractivity (Wildman–Crippen MR) is 322 cm³/mol. The quantitative estimate of drug-likeness (QED) is 0.131. The van der Waals surface area contributed by atoms with E-state index in [4.69, 9.17) is 4.42 Å². The highest BCUT2D eigenvalue weighted by atomic mass is 16.3. The maximum atomic E-state index is 12.8. The van der Waals surface area contributed by atoms with Gasteiger partial charge in [-0.15, -0.1) is 0 Å². The number of aryl methyl sites for hydroxylation is 6. The lowest BCUT2D eigenvalue weighted by Crippen LogP contribution is -2.12. The Hall–Kier alpha value is -9.12. The second-order valence-electron chi connectivity index (χ2n) is 20.5. The van der Waals surface area contributed by atoms with Crippen LogP contribution >= 0.6 is 0 Å². The Morgan fingerprint density at radius 1 is 0.355 bits per heavy atom. The molecule has 0 radical (unpaired) electrons. The van der Waals surface area contributed by atoms with Gasteiger partial charge in [0.05, 0.1) is 22.7 Å². The lowest BCUT2D eigenvalue weighted by molar-refractivity contribution is 0.478. The van der Waals surface area contributed by atoms with E-state index >= 15 is 0 Å². The molecule has 0 aliphatic carbocycles. The van der Waals surface area contributed by atoms with Gasteiger partial charge in [-0.25, -0.2) is 0 Å². The monoisotopic (exact) mass is 982 g/mol. The molecule has 368 valence electrons. The van der Waals surface area contributed by atoms with Gasteiger partial charge in [-0.1, -0.05) is 172 Å². The number of rotatable bonds is 11. The topological polar surface area (TPSA) is 39.9 Å². The predicted octanol–water partition coefficient (Wildman–Crippen LogP) is 20.5. The number of anilines is 6. The first kappa shape index (κ1) is 46.7. The van der Waals surface area contributed by atoms with Gasteiger partial charge in [0.15, 0.2) is 5.58 Å². The van der Waals surface area contributed by atoms with E-state index in [0.29, 0.717) is 5.69 Å².